The fraction of sp³-hybridized carbons (Fsp3) is 0.444. The van der Waals surface area contributed by atoms with E-state index in [1.807, 2.05) is 10.8 Å². The summed E-state index contributed by atoms with van der Waals surface area (Å²) in [5, 5.41) is 11.7. The Morgan fingerprint density at radius 3 is 3.21 bits per heavy atom. The van der Waals surface area contributed by atoms with E-state index in [0.717, 1.165) is 13.9 Å². The molecule has 1 aromatic rings. The third-order valence-electron chi connectivity index (χ3n) is 2.61. The highest BCUT2D eigenvalue weighted by molar-refractivity contribution is 6.45. The molecule has 0 saturated carbocycles. The topological polar surface area (TPSA) is 54.3 Å². The van der Waals surface area contributed by atoms with E-state index in [1.165, 1.54) is 0 Å². The van der Waals surface area contributed by atoms with Gasteiger partial charge in [-0.15, -0.1) is 0 Å². The molecule has 4 nitrogen and oxygen atoms in total. The lowest BCUT2D eigenvalue weighted by Crippen LogP contribution is -2.38. The Morgan fingerprint density at radius 1 is 1.79 bits per heavy atom. The largest absolute Gasteiger partial charge is 0.450 e. The number of rotatable bonds is 2. The zero-order chi connectivity index (χ0) is 10.1. The first-order valence-corrected chi connectivity index (χ1v) is 4.73. The average molecular weight is 191 g/mol. The van der Waals surface area contributed by atoms with Gasteiger partial charge in [0.25, 0.3) is 5.91 Å². The van der Waals surface area contributed by atoms with Crippen molar-refractivity contribution in [2.24, 2.45) is 0 Å². The van der Waals surface area contributed by atoms with Crippen LogP contribution in [0.15, 0.2) is 12.3 Å². The van der Waals surface area contributed by atoms with E-state index in [4.69, 9.17) is 5.02 Å². The number of fused-ring (bicyclic) bond motifs is 1. The minimum absolute atomic E-state index is 0.0669. The van der Waals surface area contributed by atoms with Gasteiger partial charge in [-0.05, 0) is 17.9 Å². The number of amides is 1. The quantitative estimate of drug-likeness (QED) is 0.614. The van der Waals surface area contributed by atoms with Crippen LogP contribution in [0.25, 0.3) is 0 Å². The highest BCUT2D eigenvalue weighted by Crippen LogP contribution is 2.17. The van der Waals surface area contributed by atoms with E-state index in [-0.39, 0.29) is 5.91 Å². The van der Waals surface area contributed by atoms with Gasteiger partial charge in [0.15, 0.2) is 0 Å². The van der Waals surface area contributed by atoms with Gasteiger partial charge in [-0.3, -0.25) is 4.79 Å². The van der Waals surface area contributed by atoms with Crippen molar-refractivity contribution >= 4 is 18.9 Å². The van der Waals surface area contributed by atoms with Crippen molar-refractivity contribution in [1.82, 2.24) is 9.88 Å². The number of nitrogens with zero attached hydrogens (tertiary/aromatic N) is 1. The molecule has 1 unspecified atom stereocenters. The van der Waals surface area contributed by atoms with Crippen LogP contribution in [-0.2, 0) is 0 Å². The van der Waals surface area contributed by atoms with Crippen LogP contribution in [0.4, 0.5) is 0 Å². The number of aromatic nitrogens is 1. The minimum atomic E-state index is -0.0669. The van der Waals surface area contributed by atoms with Crippen LogP contribution in [0.2, 0.25) is 0 Å². The van der Waals surface area contributed by atoms with Gasteiger partial charge < -0.3 is 14.9 Å². The summed E-state index contributed by atoms with van der Waals surface area (Å²) in [6, 6.07) is 1.99. The number of carbonyl (C=O) groups excluding carboxylic acids is 1. The lowest BCUT2D eigenvalue weighted by atomic mass is 9.92. The molecule has 2 N–H and O–H groups in total. The maximum Gasteiger partial charge on any atom is 0.328 e. The molecule has 0 bridgehead atoms. The molecule has 1 aliphatic heterocycles. The summed E-state index contributed by atoms with van der Waals surface area (Å²) in [6.07, 6.45) is 2.77. The van der Waals surface area contributed by atoms with Gasteiger partial charge in [0.1, 0.15) is 5.69 Å². The fourth-order valence-corrected chi connectivity index (χ4v) is 1.80. The average Bonchev–Trinajstić information content (AvgIpc) is 2.63. The summed E-state index contributed by atoms with van der Waals surface area (Å²) in [5.41, 5.74) is 1.30. The monoisotopic (exact) mass is 191 g/mol. The Kier molecular flexibility index (Phi) is 2.33. The van der Waals surface area contributed by atoms with E-state index in [1.54, 1.807) is 6.07 Å². The summed E-state index contributed by atoms with van der Waals surface area (Å²) in [5.74, 6) is -0.0669. The molecule has 0 aliphatic carbocycles. The smallest absolute Gasteiger partial charge is 0.328 e. The molecule has 0 aromatic carbocycles. The fourth-order valence-electron chi connectivity index (χ4n) is 1.80. The molecule has 73 valence electrons. The van der Waals surface area contributed by atoms with E-state index in [9.17, 15) is 4.79 Å². The third kappa shape index (κ3) is 1.33. The number of carbonyl (C=O) groups is 1. The standard InChI is InChI=1S/C9H12BN2O2/c1-2-7-4-11-9(13)8-3-6(10-14)5-12(7)8/h3,5,7,14H,2,4H2,1H3,(H,11,13). The van der Waals surface area contributed by atoms with Crippen LogP contribution in [0.5, 0.6) is 0 Å². The van der Waals surface area contributed by atoms with Crippen LogP contribution >= 0.6 is 0 Å². The zero-order valence-electron chi connectivity index (χ0n) is 8.03. The summed E-state index contributed by atoms with van der Waals surface area (Å²) in [7, 11) is 1.02. The second kappa shape index (κ2) is 3.50. The van der Waals surface area contributed by atoms with Crippen molar-refractivity contribution in [2.45, 2.75) is 19.4 Å². The predicted molar refractivity (Wildman–Crippen MR) is 53.7 cm³/mol. The second-order valence-corrected chi connectivity index (χ2v) is 3.47. The Morgan fingerprint density at radius 2 is 2.57 bits per heavy atom. The normalized spacial score (nSPS) is 20.1. The van der Waals surface area contributed by atoms with Gasteiger partial charge in [-0.25, -0.2) is 0 Å². The summed E-state index contributed by atoms with van der Waals surface area (Å²) >= 11 is 0. The summed E-state index contributed by atoms with van der Waals surface area (Å²) in [6.45, 7) is 2.75. The molecule has 0 fully saturated rings. The van der Waals surface area contributed by atoms with Crippen molar-refractivity contribution in [3.8, 4) is 0 Å². The molecule has 0 saturated heterocycles. The first-order valence-electron chi connectivity index (χ1n) is 4.73. The molecule has 1 amide bonds. The van der Waals surface area contributed by atoms with Crippen molar-refractivity contribution < 1.29 is 9.82 Å². The highest BCUT2D eigenvalue weighted by Gasteiger charge is 2.24. The first-order chi connectivity index (χ1) is 6.76. The number of nitrogens with one attached hydrogen (secondary N) is 1. The Balaban J connectivity index is 2.43. The van der Waals surface area contributed by atoms with Crippen LogP contribution in [0.1, 0.15) is 29.9 Å². The summed E-state index contributed by atoms with van der Waals surface area (Å²) in [4.78, 5) is 11.4. The van der Waals surface area contributed by atoms with Gasteiger partial charge in [0.05, 0.1) is 6.04 Å². The Labute approximate surface area is 83.2 Å². The Hall–Kier alpha value is -1.23. The third-order valence-corrected chi connectivity index (χ3v) is 2.61. The van der Waals surface area contributed by atoms with Crippen molar-refractivity contribution in [3.05, 3.63) is 18.0 Å². The predicted octanol–water partition coefficient (Wildman–Crippen LogP) is -0.581. The molecule has 1 atom stereocenters. The van der Waals surface area contributed by atoms with Crippen molar-refractivity contribution in [3.63, 3.8) is 0 Å². The molecule has 2 heterocycles. The molecule has 1 radical (unpaired) electrons. The van der Waals surface area contributed by atoms with Gasteiger partial charge in [0, 0.05) is 12.7 Å². The van der Waals surface area contributed by atoms with Crippen LogP contribution < -0.4 is 10.8 Å². The Bertz CT molecular complexity index is 362. The zero-order valence-corrected chi connectivity index (χ0v) is 8.03. The maximum atomic E-state index is 11.4. The van der Waals surface area contributed by atoms with Crippen molar-refractivity contribution in [2.75, 3.05) is 6.54 Å². The molecule has 1 aromatic heterocycles. The van der Waals surface area contributed by atoms with E-state index < -0.39 is 0 Å². The van der Waals surface area contributed by atoms with Crippen LogP contribution in [0, 0.1) is 0 Å². The molecule has 14 heavy (non-hydrogen) atoms. The molecule has 5 heteroatoms. The number of hydrogen-bond acceptors (Lipinski definition) is 2. The van der Waals surface area contributed by atoms with Crippen LogP contribution in [0.3, 0.4) is 0 Å². The number of hydrogen-bond donors (Lipinski definition) is 2. The lowest BCUT2D eigenvalue weighted by molar-refractivity contribution is 0.0914. The molecule has 1 aliphatic rings. The van der Waals surface area contributed by atoms with E-state index >= 15 is 0 Å². The minimum Gasteiger partial charge on any atom is -0.450 e. The molecule has 0 spiro atoms. The van der Waals surface area contributed by atoms with Crippen LogP contribution in [-0.4, -0.2) is 29.5 Å². The molecule has 2 rings (SSSR count). The lowest BCUT2D eigenvalue weighted by Gasteiger charge is -2.25. The van der Waals surface area contributed by atoms with Gasteiger partial charge >= 0.3 is 7.48 Å². The van der Waals surface area contributed by atoms with E-state index in [0.29, 0.717) is 23.7 Å². The van der Waals surface area contributed by atoms with Gasteiger partial charge in [-0.2, -0.15) is 0 Å². The molecular formula is C9H12BN2O2. The SMILES string of the molecule is CCC1CNC(=O)c2cc([B]O)cn21. The summed E-state index contributed by atoms with van der Waals surface area (Å²) < 4.78 is 1.93. The highest BCUT2D eigenvalue weighted by atomic mass is 16.2. The van der Waals surface area contributed by atoms with Crippen molar-refractivity contribution in [1.29, 1.82) is 0 Å². The molecular weight excluding hydrogens is 179 g/mol. The second-order valence-electron chi connectivity index (χ2n) is 3.47. The van der Waals surface area contributed by atoms with Gasteiger partial charge in [-0.1, -0.05) is 6.92 Å². The first kappa shape index (κ1) is 9.33. The van der Waals surface area contributed by atoms with E-state index in [2.05, 4.69) is 12.2 Å². The maximum absolute atomic E-state index is 11.4. The van der Waals surface area contributed by atoms with Gasteiger partial charge in [0.2, 0.25) is 0 Å².